The molecule has 456 valence electrons. The molecule has 0 radical (unpaired) electrons. The second-order valence-corrected chi connectivity index (χ2v) is 28.0. The first-order valence-corrected chi connectivity index (χ1v) is 35.2. The molecule has 6 heterocycles. The van der Waals surface area contributed by atoms with Gasteiger partial charge in [-0.3, -0.25) is 0 Å². The van der Waals surface area contributed by atoms with E-state index < -0.39 is 0 Å². The maximum Gasteiger partial charge on any atom is 0.0719 e. The predicted octanol–water partition coefficient (Wildman–Crippen LogP) is 26.1. The van der Waals surface area contributed by atoms with Crippen molar-refractivity contribution in [3.8, 4) is 45.0 Å². The Kier molecular flexibility index (Phi) is 12.1. The van der Waals surface area contributed by atoms with Crippen LogP contribution in [0.5, 0.6) is 0 Å². The van der Waals surface area contributed by atoms with Gasteiger partial charge in [0.15, 0.2) is 0 Å². The van der Waals surface area contributed by atoms with Crippen LogP contribution in [0.4, 0.5) is 0 Å². The third kappa shape index (κ3) is 8.23. The van der Waals surface area contributed by atoms with Gasteiger partial charge in [0.25, 0.3) is 0 Å². The van der Waals surface area contributed by atoms with E-state index in [9.17, 15) is 0 Å². The summed E-state index contributed by atoms with van der Waals surface area (Å²) in [6.45, 7) is 0. The Labute approximate surface area is 570 Å². The highest BCUT2D eigenvalue weighted by atomic mass is 32.1. The van der Waals surface area contributed by atoms with E-state index in [0.29, 0.717) is 0 Å². The molecule has 0 aliphatic carbocycles. The van der Waals surface area contributed by atoms with Gasteiger partial charge in [0, 0.05) is 101 Å². The molecule has 0 unspecified atom stereocenters. The van der Waals surface area contributed by atoms with E-state index in [1.807, 2.05) is 22.7 Å². The Bertz CT molecular complexity index is 7040. The largest absolute Gasteiger partial charge is 0.309 e. The Morgan fingerprint density at radius 2 is 0.561 bits per heavy atom. The van der Waals surface area contributed by atoms with Gasteiger partial charge in [0.05, 0.1) is 60.2 Å². The Balaban J connectivity index is 0.000000129. The van der Waals surface area contributed by atoms with Gasteiger partial charge in [0.1, 0.15) is 0 Å². The number of benzene rings is 16. The molecule has 0 aliphatic rings. The molecular weight excluding hydrogens is 1230 g/mol. The molecule has 0 aliphatic heterocycles. The molecule has 22 rings (SSSR count). The first-order chi connectivity index (χ1) is 48.6. The lowest BCUT2D eigenvalue weighted by molar-refractivity contribution is 1.19. The van der Waals surface area contributed by atoms with Crippen molar-refractivity contribution in [2.45, 2.75) is 0 Å². The summed E-state index contributed by atoms with van der Waals surface area (Å²) in [6.07, 6.45) is 0. The molecule has 0 amide bonds. The lowest BCUT2D eigenvalue weighted by Crippen LogP contribution is -1.95. The minimum atomic E-state index is 1.18. The number of para-hydroxylation sites is 4. The second kappa shape index (κ2) is 21.6. The monoisotopic (exact) mass is 1280 g/mol. The number of nitrogens with zero attached hydrogens (tertiary/aromatic N) is 4. The van der Waals surface area contributed by atoms with Gasteiger partial charge in [-0.25, -0.2) is 0 Å². The molecule has 0 saturated heterocycles. The van der Waals surface area contributed by atoms with E-state index in [0.717, 1.165) is 0 Å². The summed E-state index contributed by atoms with van der Waals surface area (Å²) < 4.78 is 15.1. The van der Waals surface area contributed by atoms with E-state index in [4.69, 9.17) is 0 Å². The number of hydrogen-bond donors (Lipinski definition) is 0. The van der Waals surface area contributed by atoms with E-state index >= 15 is 0 Å². The Hall–Kier alpha value is -12.3. The standard InChI is InChI=1S/2C46H28N2S/c1-2-13-32(14-3-1)47-42-25-21-31(28-39(42)36-23-24-37-35-17-7-9-20-44(35)49-46(37)45(36)47)30-22-26-43-38(27-30)34-16-6-8-18-41(34)48(43)40-19-10-12-29-11-4-5-15-33(29)40;1-2-13-32(14-3-1)47-41-24-21-31(28-38(41)35-23-26-44-45(46(35)47)36-17-7-9-20-43(36)49-44)30-22-25-42-37(27-30)34-16-6-8-18-40(34)48(42)39-19-10-12-29-11-4-5-15-33(29)39/h2*1-28H. The van der Waals surface area contributed by atoms with Crippen molar-refractivity contribution in [3.63, 3.8) is 0 Å². The summed E-state index contributed by atoms with van der Waals surface area (Å²) >= 11 is 3.77. The molecule has 4 nitrogen and oxygen atoms in total. The summed E-state index contributed by atoms with van der Waals surface area (Å²) in [5.74, 6) is 0. The van der Waals surface area contributed by atoms with Crippen molar-refractivity contribution >= 4 is 172 Å². The van der Waals surface area contributed by atoms with Crippen LogP contribution in [0.25, 0.3) is 194 Å². The van der Waals surface area contributed by atoms with Crippen molar-refractivity contribution in [1.82, 2.24) is 18.3 Å². The summed E-state index contributed by atoms with van der Waals surface area (Å²) in [5.41, 5.74) is 19.6. The molecule has 16 aromatic carbocycles. The van der Waals surface area contributed by atoms with Crippen LogP contribution in [-0.4, -0.2) is 18.3 Å². The lowest BCUT2D eigenvalue weighted by atomic mass is 10.00. The zero-order valence-corrected chi connectivity index (χ0v) is 54.6. The zero-order chi connectivity index (χ0) is 64.1. The van der Waals surface area contributed by atoms with Crippen LogP contribution in [0.2, 0.25) is 0 Å². The highest BCUT2D eigenvalue weighted by molar-refractivity contribution is 7.27. The predicted molar refractivity (Wildman–Crippen MR) is 422 cm³/mol. The van der Waals surface area contributed by atoms with Crippen molar-refractivity contribution in [3.05, 3.63) is 340 Å². The summed E-state index contributed by atoms with van der Waals surface area (Å²) in [5, 5.41) is 20.5. The van der Waals surface area contributed by atoms with Crippen LogP contribution < -0.4 is 0 Å². The molecule has 22 aromatic rings. The normalized spacial score (nSPS) is 12.1. The van der Waals surface area contributed by atoms with Gasteiger partial charge < -0.3 is 18.3 Å². The Morgan fingerprint density at radius 3 is 1.09 bits per heavy atom. The molecule has 0 saturated carbocycles. The summed E-state index contributed by atoms with van der Waals surface area (Å²) in [4.78, 5) is 0. The third-order valence-electron chi connectivity index (χ3n) is 20.6. The van der Waals surface area contributed by atoms with Gasteiger partial charge in [-0.05, 0) is 148 Å². The summed E-state index contributed by atoms with van der Waals surface area (Å²) in [7, 11) is 0. The van der Waals surface area contributed by atoms with Crippen LogP contribution in [-0.2, 0) is 0 Å². The number of hydrogen-bond acceptors (Lipinski definition) is 2. The average Bonchev–Trinajstić information content (AvgIpc) is 1.57. The molecule has 0 atom stereocenters. The van der Waals surface area contributed by atoms with Crippen LogP contribution >= 0.6 is 22.7 Å². The van der Waals surface area contributed by atoms with Gasteiger partial charge in [-0.15, -0.1) is 22.7 Å². The second-order valence-electron chi connectivity index (χ2n) is 25.8. The zero-order valence-electron chi connectivity index (χ0n) is 52.9. The fourth-order valence-corrected chi connectivity index (χ4v) is 18.6. The number of rotatable bonds is 6. The van der Waals surface area contributed by atoms with Crippen molar-refractivity contribution in [2.24, 2.45) is 0 Å². The van der Waals surface area contributed by atoms with E-state index in [1.165, 1.54) is 194 Å². The minimum absolute atomic E-state index is 1.18. The minimum Gasteiger partial charge on any atom is -0.309 e. The third-order valence-corrected chi connectivity index (χ3v) is 22.9. The van der Waals surface area contributed by atoms with Gasteiger partial charge in [-0.1, -0.05) is 224 Å². The smallest absolute Gasteiger partial charge is 0.0719 e. The number of fused-ring (bicyclic) bond motifs is 22. The number of aromatic nitrogens is 4. The quantitative estimate of drug-likeness (QED) is 0.158. The van der Waals surface area contributed by atoms with E-state index in [-0.39, 0.29) is 0 Å². The molecular formula is C92H56N4S2. The molecule has 0 fully saturated rings. The van der Waals surface area contributed by atoms with Crippen molar-refractivity contribution in [1.29, 1.82) is 0 Å². The Morgan fingerprint density at radius 1 is 0.194 bits per heavy atom. The molecule has 6 heteroatoms. The molecule has 98 heavy (non-hydrogen) atoms. The summed E-state index contributed by atoms with van der Waals surface area (Å²) in [6, 6.07) is 125. The van der Waals surface area contributed by atoms with Crippen molar-refractivity contribution in [2.75, 3.05) is 0 Å². The lowest BCUT2D eigenvalue weighted by Gasteiger charge is -2.12. The van der Waals surface area contributed by atoms with Crippen LogP contribution in [0.1, 0.15) is 0 Å². The molecule has 6 aromatic heterocycles. The van der Waals surface area contributed by atoms with Gasteiger partial charge >= 0.3 is 0 Å². The van der Waals surface area contributed by atoms with Crippen LogP contribution in [0.3, 0.4) is 0 Å². The molecule has 0 bridgehead atoms. The molecule has 0 N–H and O–H groups in total. The van der Waals surface area contributed by atoms with Crippen LogP contribution in [0, 0.1) is 0 Å². The van der Waals surface area contributed by atoms with Crippen molar-refractivity contribution < 1.29 is 0 Å². The average molecular weight is 1280 g/mol. The topological polar surface area (TPSA) is 19.7 Å². The fraction of sp³-hybridized carbons (Fsp3) is 0. The maximum atomic E-state index is 2.47. The SMILES string of the molecule is c1ccc(-n2c3ccc(-c4ccc5c(c4)c4ccccc4n5-c4cccc5ccccc45)cc3c3ccc4c5ccccc5sc4c32)cc1.c1ccc(-n2c3ccc(-c4ccc5c(c4)c4ccccc4n5-c4cccc5ccccc45)cc3c3ccc4sc5ccccc5c4c32)cc1. The maximum absolute atomic E-state index is 2.47. The van der Waals surface area contributed by atoms with Crippen LogP contribution in [0.15, 0.2) is 340 Å². The highest BCUT2D eigenvalue weighted by Gasteiger charge is 2.23. The highest BCUT2D eigenvalue weighted by Crippen LogP contribution is 2.48. The first-order valence-electron chi connectivity index (χ1n) is 33.5. The van der Waals surface area contributed by atoms with E-state index in [2.05, 4.69) is 358 Å². The first kappa shape index (κ1) is 55.0. The van der Waals surface area contributed by atoms with E-state index in [1.54, 1.807) is 0 Å². The number of thiophene rings is 2. The van der Waals surface area contributed by atoms with Gasteiger partial charge in [0.2, 0.25) is 0 Å². The fourth-order valence-electron chi connectivity index (χ4n) is 16.3. The van der Waals surface area contributed by atoms with Gasteiger partial charge in [-0.2, -0.15) is 0 Å². The molecule has 0 spiro atoms.